The molecule has 0 unspecified atom stereocenters. The molecule has 5 aliphatic rings. The Bertz CT molecular complexity index is 2880. The third-order valence-electron chi connectivity index (χ3n) is 14.4. The van der Waals surface area contributed by atoms with Crippen molar-refractivity contribution in [2.75, 3.05) is 0 Å². The van der Waals surface area contributed by atoms with Gasteiger partial charge in [-0.25, -0.2) is 15.0 Å². The zero-order valence-electron chi connectivity index (χ0n) is 33.3. The van der Waals surface area contributed by atoms with Crippen molar-refractivity contribution < 1.29 is 0 Å². The number of fused-ring (bicyclic) bond motifs is 3. The van der Waals surface area contributed by atoms with Gasteiger partial charge in [-0.1, -0.05) is 146 Å². The van der Waals surface area contributed by atoms with Gasteiger partial charge >= 0.3 is 0 Å². The van der Waals surface area contributed by atoms with Crippen molar-refractivity contribution in [3.8, 4) is 84.7 Å². The first-order valence-electron chi connectivity index (χ1n) is 21.5. The fraction of sp³-hybridized carbons (Fsp3) is 0.179. The van der Waals surface area contributed by atoms with Crippen LogP contribution < -0.4 is 0 Å². The number of aromatic nitrogens is 3. The van der Waals surface area contributed by atoms with E-state index in [4.69, 9.17) is 15.0 Å². The van der Waals surface area contributed by atoms with Gasteiger partial charge in [0.25, 0.3) is 0 Å². The fourth-order valence-electron chi connectivity index (χ4n) is 11.9. The molecule has 0 aliphatic heterocycles. The second kappa shape index (κ2) is 13.8. The van der Waals surface area contributed by atoms with Gasteiger partial charge in [-0.3, -0.25) is 0 Å². The molecule has 286 valence electrons. The van der Waals surface area contributed by atoms with E-state index in [1.54, 1.807) is 11.1 Å². The van der Waals surface area contributed by atoms with E-state index >= 15 is 0 Å². The summed E-state index contributed by atoms with van der Waals surface area (Å²) in [6.45, 7) is 0. The van der Waals surface area contributed by atoms with Crippen molar-refractivity contribution in [3.05, 3.63) is 187 Å². The van der Waals surface area contributed by atoms with E-state index in [1.165, 1.54) is 65.5 Å². The number of hydrogen-bond donors (Lipinski definition) is 0. The highest BCUT2D eigenvalue weighted by molar-refractivity contribution is 5.88. The molecule has 4 saturated carbocycles. The molecule has 1 spiro atoms. The van der Waals surface area contributed by atoms with Gasteiger partial charge in [0.1, 0.15) is 0 Å². The molecular formula is C56H42N4. The molecule has 0 amide bonds. The van der Waals surface area contributed by atoms with E-state index in [1.807, 2.05) is 84.9 Å². The Labute approximate surface area is 351 Å². The lowest BCUT2D eigenvalue weighted by Gasteiger charge is -2.61. The maximum absolute atomic E-state index is 9.27. The van der Waals surface area contributed by atoms with Gasteiger partial charge in [-0.05, 0) is 136 Å². The highest BCUT2D eigenvalue weighted by atomic mass is 15.0. The Hall–Kier alpha value is -6.96. The quantitative estimate of drug-likeness (QED) is 0.169. The number of hydrogen-bond acceptors (Lipinski definition) is 4. The molecular weight excluding hydrogens is 729 g/mol. The highest BCUT2D eigenvalue weighted by Gasteiger charge is 2.61. The Morgan fingerprint density at radius 3 is 1.32 bits per heavy atom. The van der Waals surface area contributed by atoms with Gasteiger partial charge in [-0.15, -0.1) is 0 Å². The van der Waals surface area contributed by atoms with Crippen molar-refractivity contribution in [3.63, 3.8) is 0 Å². The minimum atomic E-state index is 0.0739. The molecule has 5 aliphatic carbocycles. The van der Waals surface area contributed by atoms with Gasteiger partial charge in [0.05, 0.1) is 11.6 Å². The third kappa shape index (κ3) is 5.60. The minimum absolute atomic E-state index is 0.0739. The molecule has 4 heteroatoms. The van der Waals surface area contributed by atoms with Crippen molar-refractivity contribution in [2.45, 2.75) is 37.5 Å². The monoisotopic (exact) mass is 770 g/mol. The maximum Gasteiger partial charge on any atom is 0.164 e. The standard InChI is InChI=1S/C56H42N4/c57-34-35-11-13-38(14-12-35)39-15-17-41(18-16-39)46-23-25-49-50-32-45(24-26-51(50)56(52(49)33-46)47-28-36-27-37(30-47)31-48(56)29-36)40-19-21-44(22-20-40)55-59-53(42-7-3-1-4-8-42)58-54(60-55)43-9-5-2-6-10-43/h1-26,32-33,36-37,47-48H,27-31H2. The Morgan fingerprint density at radius 1 is 0.383 bits per heavy atom. The number of benzene rings is 7. The summed E-state index contributed by atoms with van der Waals surface area (Å²) in [7, 11) is 0. The van der Waals surface area contributed by atoms with Crippen LogP contribution in [0, 0.1) is 35.0 Å². The van der Waals surface area contributed by atoms with Crippen LogP contribution in [0.4, 0.5) is 0 Å². The molecule has 0 radical (unpaired) electrons. The predicted molar refractivity (Wildman–Crippen MR) is 240 cm³/mol. The first kappa shape index (κ1) is 35.0. The molecule has 13 rings (SSSR count). The van der Waals surface area contributed by atoms with E-state index in [2.05, 4.69) is 91.0 Å². The van der Waals surface area contributed by atoms with Gasteiger partial charge < -0.3 is 0 Å². The minimum Gasteiger partial charge on any atom is -0.208 e. The highest BCUT2D eigenvalue weighted by Crippen LogP contribution is 2.69. The summed E-state index contributed by atoms with van der Waals surface area (Å²) in [5.41, 5.74) is 16.9. The lowest BCUT2D eigenvalue weighted by Crippen LogP contribution is -2.55. The summed E-state index contributed by atoms with van der Waals surface area (Å²) in [5.74, 6) is 5.16. The Morgan fingerprint density at radius 2 is 0.800 bits per heavy atom. The number of nitriles is 1. The Balaban J connectivity index is 0.919. The summed E-state index contributed by atoms with van der Waals surface area (Å²) >= 11 is 0. The summed E-state index contributed by atoms with van der Waals surface area (Å²) in [5, 5.41) is 9.27. The van der Waals surface area contributed by atoms with Gasteiger partial charge in [0.2, 0.25) is 0 Å². The first-order chi connectivity index (χ1) is 29.6. The van der Waals surface area contributed by atoms with E-state index in [0.29, 0.717) is 34.9 Å². The van der Waals surface area contributed by atoms with Gasteiger partial charge in [-0.2, -0.15) is 5.26 Å². The topological polar surface area (TPSA) is 62.5 Å². The van der Waals surface area contributed by atoms with Gasteiger partial charge in [0.15, 0.2) is 17.5 Å². The van der Waals surface area contributed by atoms with Crippen LogP contribution in [0.1, 0.15) is 48.8 Å². The third-order valence-corrected chi connectivity index (χ3v) is 14.4. The fourth-order valence-corrected chi connectivity index (χ4v) is 11.9. The predicted octanol–water partition coefficient (Wildman–Crippen LogP) is 13.5. The van der Waals surface area contributed by atoms with E-state index in [9.17, 15) is 5.26 Å². The molecule has 1 heterocycles. The number of nitrogens with zero attached hydrogens (tertiary/aromatic N) is 4. The zero-order valence-corrected chi connectivity index (χ0v) is 33.3. The van der Waals surface area contributed by atoms with E-state index in [0.717, 1.165) is 39.7 Å². The average molecular weight is 771 g/mol. The van der Waals surface area contributed by atoms with Crippen LogP contribution >= 0.6 is 0 Å². The number of rotatable bonds is 6. The molecule has 0 saturated heterocycles. The maximum atomic E-state index is 9.27. The van der Waals surface area contributed by atoms with Crippen LogP contribution in [0.5, 0.6) is 0 Å². The lowest BCUT2D eigenvalue weighted by molar-refractivity contribution is -0.0399. The lowest BCUT2D eigenvalue weighted by atomic mass is 9.43. The molecule has 8 aromatic rings. The molecule has 1 aromatic heterocycles. The summed E-state index contributed by atoms with van der Waals surface area (Å²) < 4.78 is 0. The van der Waals surface area contributed by atoms with Crippen molar-refractivity contribution in [2.24, 2.45) is 23.7 Å². The normalized spacial score (nSPS) is 21.7. The summed E-state index contributed by atoms with van der Waals surface area (Å²) in [6, 6.07) is 62.9. The second-order valence-corrected chi connectivity index (χ2v) is 17.6. The van der Waals surface area contributed by atoms with Crippen LogP contribution in [-0.4, -0.2) is 15.0 Å². The second-order valence-electron chi connectivity index (χ2n) is 17.6. The van der Waals surface area contributed by atoms with E-state index < -0.39 is 0 Å². The van der Waals surface area contributed by atoms with Crippen LogP contribution in [0.2, 0.25) is 0 Å². The zero-order chi connectivity index (χ0) is 39.8. The summed E-state index contributed by atoms with van der Waals surface area (Å²) in [6.07, 6.45) is 6.86. The van der Waals surface area contributed by atoms with Crippen LogP contribution in [-0.2, 0) is 5.41 Å². The van der Waals surface area contributed by atoms with Crippen molar-refractivity contribution >= 4 is 0 Å². The van der Waals surface area contributed by atoms with Crippen LogP contribution in [0.15, 0.2) is 170 Å². The van der Waals surface area contributed by atoms with Crippen molar-refractivity contribution in [1.29, 1.82) is 5.26 Å². The van der Waals surface area contributed by atoms with Gasteiger partial charge in [0, 0.05) is 22.1 Å². The molecule has 0 atom stereocenters. The molecule has 4 nitrogen and oxygen atoms in total. The summed E-state index contributed by atoms with van der Waals surface area (Å²) in [4.78, 5) is 14.9. The van der Waals surface area contributed by atoms with Crippen molar-refractivity contribution in [1.82, 2.24) is 15.0 Å². The van der Waals surface area contributed by atoms with E-state index in [-0.39, 0.29) is 5.41 Å². The first-order valence-corrected chi connectivity index (χ1v) is 21.5. The molecule has 60 heavy (non-hydrogen) atoms. The SMILES string of the molecule is N#Cc1ccc(-c2ccc(-c3ccc4c(c3)C3(c5ccc(-c6ccc(-c7nc(-c8ccccc8)nc(-c8ccccc8)n7)cc6)cc5-4)C4CC5CC(C4)CC3C5)cc2)cc1. The molecule has 4 bridgehead atoms. The Kier molecular flexibility index (Phi) is 8.07. The molecule has 7 aromatic carbocycles. The largest absolute Gasteiger partial charge is 0.208 e. The molecule has 0 N–H and O–H groups in total. The van der Waals surface area contributed by atoms with Crippen LogP contribution in [0.25, 0.3) is 78.7 Å². The molecule has 4 fully saturated rings. The van der Waals surface area contributed by atoms with Crippen LogP contribution in [0.3, 0.4) is 0 Å². The smallest absolute Gasteiger partial charge is 0.164 e. The average Bonchev–Trinajstić information content (AvgIpc) is 3.60.